The van der Waals surface area contributed by atoms with E-state index in [1.807, 2.05) is 27.7 Å². The molecule has 1 aromatic carbocycles. The van der Waals surface area contributed by atoms with Crippen LogP contribution in [0.15, 0.2) is 35.4 Å². The van der Waals surface area contributed by atoms with Gasteiger partial charge in [-0.1, -0.05) is 45.0 Å². The van der Waals surface area contributed by atoms with Crippen molar-refractivity contribution in [2.24, 2.45) is 17.0 Å². The maximum absolute atomic E-state index is 13.0. The molecule has 0 fully saturated rings. The Kier molecular flexibility index (Phi) is 7.91. The number of hydrogen-bond donors (Lipinski definition) is 2. The normalized spacial score (nSPS) is 13.8. The maximum atomic E-state index is 13.0. The molecule has 0 radical (unpaired) electrons. The molecule has 31 heavy (non-hydrogen) atoms. The molecule has 170 valence electrons. The number of primary sulfonamides is 1. The number of carbonyl (C=O) groups is 2. The zero-order chi connectivity index (χ0) is 23.3. The summed E-state index contributed by atoms with van der Waals surface area (Å²) < 4.78 is 29.3. The van der Waals surface area contributed by atoms with Gasteiger partial charge in [0.25, 0.3) is 0 Å². The quantitative estimate of drug-likeness (QED) is 0.549. The molecule has 1 amide bonds. The second-order valence-corrected chi connectivity index (χ2v) is 9.39. The lowest BCUT2D eigenvalue weighted by atomic mass is 10.0. The molecule has 2 atom stereocenters. The number of nitrogens with zero attached hydrogens (tertiary/aromatic N) is 3. The van der Waals surface area contributed by atoms with Crippen molar-refractivity contribution < 1.29 is 22.7 Å². The largest absolute Gasteiger partial charge is 0.464 e. The highest BCUT2D eigenvalue weighted by Gasteiger charge is 2.32. The van der Waals surface area contributed by atoms with Crippen molar-refractivity contribution in [2.75, 3.05) is 6.61 Å². The van der Waals surface area contributed by atoms with Crippen LogP contribution in [-0.2, 0) is 24.3 Å². The summed E-state index contributed by atoms with van der Waals surface area (Å²) in [5.41, 5.74) is 1.08. The first-order chi connectivity index (χ1) is 14.5. The van der Waals surface area contributed by atoms with E-state index in [1.54, 1.807) is 25.3 Å². The van der Waals surface area contributed by atoms with E-state index in [2.05, 4.69) is 15.6 Å². The molecule has 11 heteroatoms. The average molecular weight is 452 g/mol. The van der Waals surface area contributed by atoms with Gasteiger partial charge < -0.3 is 10.1 Å². The van der Waals surface area contributed by atoms with Crippen molar-refractivity contribution in [1.29, 1.82) is 0 Å². The maximum Gasteiger partial charge on any atom is 0.328 e. The monoisotopic (exact) mass is 451 g/mol. The molecule has 0 bridgehead atoms. The van der Waals surface area contributed by atoms with Gasteiger partial charge in [0.2, 0.25) is 15.9 Å². The van der Waals surface area contributed by atoms with Gasteiger partial charge >= 0.3 is 5.97 Å². The minimum absolute atomic E-state index is 0.0123. The van der Waals surface area contributed by atoms with Gasteiger partial charge in [0.1, 0.15) is 17.8 Å². The Bertz CT molecular complexity index is 1010. The number of hydrogen-bond acceptors (Lipinski definition) is 7. The number of ether oxygens (including phenoxy) is 1. The second-order valence-electron chi connectivity index (χ2n) is 7.82. The van der Waals surface area contributed by atoms with Crippen molar-refractivity contribution in [2.45, 2.75) is 51.6 Å². The molecule has 0 aliphatic carbocycles. The number of carbonyl (C=O) groups excluding carboxylic acids is 2. The lowest BCUT2D eigenvalue weighted by Gasteiger charge is -2.25. The molecular weight excluding hydrogens is 422 g/mol. The summed E-state index contributed by atoms with van der Waals surface area (Å²) >= 11 is 0. The summed E-state index contributed by atoms with van der Waals surface area (Å²) in [6, 6.07) is 4.40. The predicted octanol–water partition coefficient (Wildman–Crippen LogP) is 1.49. The topological polar surface area (TPSA) is 146 Å². The number of nitrogens with one attached hydrogen (secondary N) is 1. The fourth-order valence-electron chi connectivity index (χ4n) is 3.06. The third-order valence-electron chi connectivity index (χ3n) is 4.68. The van der Waals surface area contributed by atoms with Crippen LogP contribution in [0, 0.1) is 11.8 Å². The van der Waals surface area contributed by atoms with E-state index >= 15 is 0 Å². The van der Waals surface area contributed by atoms with Gasteiger partial charge in [0, 0.05) is 5.56 Å². The fraction of sp³-hybridized carbons (Fsp3) is 0.500. The third-order valence-corrected chi connectivity index (χ3v) is 5.61. The molecule has 2 rings (SSSR count). The molecule has 0 saturated heterocycles. The van der Waals surface area contributed by atoms with Crippen LogP contribution >= 0.6 is 0 Å². The summed E-state index contributed by atoms with van der Waals surface area (Å²) in [7, 11) is -3.79. The van der Waals surface area contributed by atoms with Gasteiger partial charge in [0.15, 0.2) is 0 Å². The number of nitrogens with two attached hydrogens (primary N) is 1. The summed E-state index contributed by atoms with van der Waals surface area (Å²) in [6.45, 7) is 9.31. The SMILES string of the molecule is CCOC(=O)C(NC(=O)C(C(C)C)n1cc(-c2ccc(S(N)(=O)=O)cc2)nn1)C(C)C. The van der Waals surface area contributed by atoms with Crippen LogP contribution in [0.4, 0.5) is 0 Å². The number of esters is 1. The van der Waals surface area contributed by atoms with Crippen LogP contribution in [0.2, 0.25) is 0 Å². The van der Waals surface area contributed by atoms with Gasteiger partial charge in [-0.25, -0.2) is 23.0 Å². The highest BCUT2D eigenvalue weighted by Crippen LogP contribution is 2.23. The Hall–Kier alpha value is -2.79. The number of benzene rings is 1. The van der Waals surface area contributed by atoms with Crippen LogP contribution in [0.5, 0.6) is 0 Å². The van der Waals surface area contributed by atoms with Gasteiger partial charge in [-0.15, -0.1) is 5.10 Å². The van der Waals surface area contributed by atoms with Crippen molar-refractivity contribution >= 4 is 21.9 Å². The van der Waals surface area contributed by atoms with E-state index < -0.39 is 28.1 Å². The standard InChI is InChI=1S/C20H29N5O5S/c1-6-30-20(27)17(12(2)3)22-19(26)18(13(4)5)25-11-16(23-24-25)14-7-9-15(10-8-14)31(21,28)29/h7-13,17-18H,6H2,1-5H3,(H,22,26)(H2,21,28,29). The van der Waals surface area contributed by atoms with Crippen LogP contribution in [-0.4, -0.2) is 47.9 Å². The molecule has 3 N–H and O–H groups in total. The van der Waals surface area contributed by atoms with Crippen molar-refractivity contribution in [3.05, 3.63) is 30.5 Å². The third kappa shape index (κ3) is 6.11. The van der Waals surface area contributed by atoms with Crippen molar-refractivity contribution in [3.8, 4) is 11.3 Å². The Balaban J connectivity index is 2.27. The van der Waals surface area contributed by atoms with Crippen LogP contribution in [0.1, 0.15) is 40.7 Å². The molecule has 1 aromatic heterocycles. The van der Waals surface area contributed by atoms with Gasteiger partial charge in [-0.2, -0.15) is 0 Å². The Morgan fingerprint density at radius 2 is 1.74 bits per heavy atom. The number of sulfonamides is 1. The average Bonchev–Trinajstić information content (AvgIpc) is 3.14. The summed E-state index contributed by atoms with van der Waals surface area (Å²) in [4.78, 5) is 25.2. The van der Waals surface area contributed by atoms with Gasteiger partial charge in [0.05, 0.1) is 17.7 Å². The highest BCUT2D eigenvalue weighted by atomic mass is 32.2. The van der Waals surface area contributed by atoms with E-state index in [9.17, 15) is 18.0 Å². The van der Waals surface area contributed by atoms with Crippen LogP contribution in [0.3, 0.4) is 0 Å². The summed E-state index contributed by atoms with van der Waals surface area (Å²) in [5, 5.41) is 16.1. The number of rotatable bonds is 9. The van der Waals surface area contributed by atoms with Crippen LogP contribution < -0.4 is 10.5 Å². The van der Waals surface area contributed by atoms with E-state index in [4.69, 9.17) is 9.88 Å². The first-order valence-corrected chi connectivity index (χ1v) is 11.5. The van der Waals surface area contributed by atoms with Crippen LogP contribution in [0.25, 0.3) is 11.3 Å². The van der Waals surface area contributed by atoms with Gasteiger partial charge in [-0.05, 0) is 30.9 Å². The molecule has 10 nitrogen and oxygen atoms in total. The van der Waals surface area contributed by atoms with E-state index in [-0.39, 0.29) is 29.2 Å². The fourth-order valence-corrected chi connectivity index (χ4v) is 3.57. The van der Waals surface area contributed by atoms with E-state index in [0.29, 0.717) is 11.3 Å². The molecule has 0 aliphatic rings. The van der Waals surface area contributed by atoms with E-state index in [1.165, 1.54) is 16.8 Å². The number of aromatic nitrogens is 3. The zero-order valence-electron chi connectivity index (χ0n) is 18.3. The summed E-state index contributed by atoms with van der Waals surface area (Å²) in [6.07, 6.45) is 1.60. The highest BCUT2D eigenvalue weighted by molar-refractivity contribution is 7.89. The lowest BCUT2D eigenvalue weighted by Crippen LogP contribution is -2.48. The molecular formula is C20H29N5O5S. The zero-order valence-corrected chi connectivity index (χ0v) is 19.1. The van der Waals surface area contributed by atoms with E-state index in [0.717, 1.165) is 0 Å². The molecule has 0 saturated carbocycles. The smallest absolute Gasteiger partial charge is 0.328 e. The number of amides is 1. The Morgan fingerprint density at radius 3 is 2.23 bits per heavy atom. The Morgan fingerprint density at radius 1 is 1.13 bits per heavy atom. The molecule has 0 spiro atoms. The second kappa shape index (κ2) is 10.0. The van der Waals surface area contributed by atoms with Gasteiger partial charge in [-0.3, -0.25) is 4.79 Å². The Labute approximate surface area is 182 Å². The lowest BCUT2D eigenvalue weighted by molar-refractivity contribution is -0.149. The first-order valence-electron chi connectivity index (χ1n) is 9.97. The molecule has 2 aromatic rings. The summed E-state index contributed by atoms with van der Waals surface area (Å²) in [5.74, 6) is -1.15. The minimum Gasteiger partial charge on any atom is -0.464 e. The predicted molar refractivity (Wildman–Crippen MR) is 114 cm³/mol. The van der Waals surface area contributed by atoms with Crippen molar-refractivity contribution in [1.82, 2.24) is 20.3 Å². The minimum atomic E-state index is -3.79. The molecule has 2 unspecified atom stereocenters. The molecule has 1 heterocycles. The molecule has 0 aliphatic heterocycles. The first kappa shape index (κ1) is 24.5. The van der Waals surface area contributed by atoms with Crippen molar-refractivity contribution in [3.63, 3.8) is 0 Å².